The van der Waals surface area contributed by atoms with Crippen molar-refractivity contribution in [1.82, 2.24) is 10.6 Å². The van der Waals surface area contributed by atoms with Gasteiger partial charge >= 0.3 is 0 Å². The number of rotatable bonds is 6. The molecule has 1 saturated carbocycles. The van der Waals surface area contributed by atoms with Crippen molar-refractivity contribution in [3.8, 4) is 0 Å². The maximum atomic E-state index is 12.6. The molecule has 1 aromatic carbocycles. The molecule has 1 aromatic rings. The second-order valence-corrected chi connectivity index (χ2v) is 5.37. The van der Waals surface area contributed by atoms with Crippen LogP contribution in [0.2, 0.25) is 0 Å². The van der Waals surface area contributed by atoms with Crippen LogP contribution < -0.4 is 10.6 Å². The van der Waals surface area contributed by atoms with Crippen molar-refractivity contribution in [2.45, 2.75) is 37.5 Å². The molecule has 1 fully saturated rings. The normalized spacial score (nSPS) is 17.3. The van der Waals surface area contributed by atoms with Gasteiger partial charge in [-0.25, -0.2) is 0 Å². The molecule has 0 atom stereocenters. The third-order valence-corrected chi connectivity index (χ3v) is 4.11. The lowest BCUT2D eigenvalue weighted by molar-refractivity contribution is -0.126. The lowest BCUT2D eigenvalue weighted by atomic mass is 9.78. The van der Waals surface area contributed by atoms with Gasteiger partial charge in [-0.05, 0) is 38.4 Å². The van der Waals surface area contributed by atoms with E-state index in [0.717, 1.165) is 45.2 Å². The highest BCUT2D eigenvalue weighted by Gasteiger charge is 2.42. The summed E-state index contributed by atoms with van der Waals surface area (Å²) < 4.78 is 0. The first-order chi connectivity index (χ1) is 9.29. The lowest BCUT2D eigenvalue weighted by Crippen LogP contribution is -2.43. The van der Waals surface area contributed by atoms with Gasteiger partial charge in [-0.3, -0.25) is 4.79 Å². The second kappa shape index (κ2) is 6.71. The number of nitrogens with one attached hydrogen (secondary N) is 2. The predicted molar refractivity (Wildman–Crippen MR) is 78.1 cm³/mol. The molecule has 19 heavy (non-hydrogen) atoms. The summed E-state index contributed by atoms with van der Waals surface area (Å²) in [5.74, 6) is 0.215. The van der Waals surface area contributed by atoms with Gasteiger partial charge in [-0.1, -0.05) is 43.2 Å². The molecule has 0 aliphatic heterocycles. The minimum atomic E-state index is -0.277. The van der Waals surface area contributed by atoms with Crippen molar-refractivity contribution in [3.05, 3.63) is 35.9 Å². The molecule has 1 amide bonds. The summed E-state index contributed by atoms with van der Waals surface area (Å²) in [6.07, 6.45) is 5.24. The first kappa shape index (κ1) is 14.1. The van der Waals surface area contributed by atoms with Crippen LogP contribution in [-0.2, 0) is 10.2 Å². The smallest absolute Gasteiger partial charge is 0.230 e. The van der Waals surface area contributed by atoms with E-state index < -0.39 is 0 Å². The summed E-state index contributed by atoms with van der Waals surface area (Å²) in [5.41, 5.74) is 0.902. The van der Waals surface area contributed by atoms with Crippen LogP contribution in [0.25, 0.3) is 0 Å². The Morgan fingerprint density at radius 3 is 2.47 bits per heavy atom. The largest absolute Gasteiger partial charge is 0.355 e. The van der Waals surface area contributed by atoms with Gasteiger partial charge < -0.3 is 10.6 Å². The molecule has 0 heterocycles. The standard InChI is InChI=1S/C16H24N2O/c1-17-12-7-13-18-15(19)16(10-5-6-11-16)14-8-3-2-4-9-14/h2-4,8-9,17H,5-7,10-13H2,1H3,(H,18,19). The Kier molecular flexibility index (Phi) is 4.97. The molecule has 0 bridgehead atoms. The highest BCUT2D eigenvalue weighted by Crippen LogP contribution is 2.41. The Morgan fingerprint density at radius 2 is 1.84 bits per heavy atom. The first-order valence-electron chi connectivity index (χ1n) is 7.28. The van der Waals surface area contributed by atoms with E-state index in [4.69, 9.17) is 0 Å². The molecular formula is C16H24N2O. The van der Waals surface area contributed by atoms with E-state index in [1.165, 1.54) is 5.56 Å². The van der Waals surface area contributed by atoms with Crippen LogP contribution in [0.15, 0.2) is 30.3 Å². The maximum Gasteiger partial charge on any atom is 0.230 e. The SMILES string of the molecule is CNCCCNC(=O)C1(c2ccccc2)CCCC1. The van der Waals surface area contributed by atoms with Gasteiger partial charge in [0.1, 0.15) is 0 Å². The van der Waals surface area contributed by atoms with Crippen molar-refractivity contribution >= 4 is 5.91 Å². The van der Waals surface area contributed by atoms with Crippen LogP contribution in [0.5, 0.6) is 0 Å². The lowest BCUT2D eigenvalue weighted by Gasteiger charge is -2.28. The third kappa shape index (κ3) is 3.16. The molecule has 0 radical (unpaired) electrons. The van der Waals surface area contributed by atoms with E-state index in [1.54, 1.807) is 0 Å². The second-order valence-electron chi connectivity index (χ2n) is 5.37. The van der Waals surface area contributed by atoms with Gasteiger partial charge in [0.25, 0.3) is 0 Å². The Hall–Kier alpha value is -1.35. The van der Waals surface area contributed by atoms with Crippen LogP contribution in [0.3, 0.4) is 0 Å². The van der Waals surface area contributed by atoms with Crippen LogP contribution in [0.4, 0.5) is 0 Å². The molecule has 0 spiro atoms. The molecule has 0 saturated heterocycles. The van der Waals surface area contributed by atoms with Crippen molar-refractivity contribution in [1.29, 1.82) is 0 Å². The molecule has 104 valence electrons. The summed E-state index contributed by atoms with van der Waals surface area (Å²) >= 11 is 0. The van der Waals surface area contributed by atoms with Crippen molar-refractivity contribution in [3.63, 3.8) is 0 Å². The van der Waals surface area contributed by atoms with E-state index >= 15 is 0 Å². The summed E-state index contributed by atoms with van der Waals surface area (Å²) in [4.78, 5) is 12.6. The molecule has 2 rings (SSSR count). The van der Waals surface area contributed by atoms with Crippen molar-refractivity contribution in [2.24, 2.45) is 0 Å². The van der Waals surface area contributed by atoms with Gasteiger partial charge in [0.05, 0.1) is 5.41 Å². The van der Waals surface area contributed by atoms with E-state index in [-0.39, 0.29) is 11.3 Å². The third-order valence-electron chi connectivity index (χ3n) is 4.11. The van der Waals surface area contributed by atoms with Crippen LogP contribution in [-0.4, -0.2) is 26.0 Å². The van der Waals surface area contributed by atoms with Gasteiger partial charge in [0.15, 0.2) is 0 Å². The molecular weight excluding hydrogens is 236 g/mol. The van der Waals surface area contributed by atoms with Crippen molar-refractivity contribution < 1.29 is 4.79 Å². The average Bonchev–Trinajstić information content (AvgIpc) is 2.95. The van der Waals surface area contributed by atoms with Crippen LogP contribution in [0.1, 0.15) is 37.7 Å². The van der Waals surface area contributed by atoms with E-state index in [9.17, 15) is 4.79 Å². The van der Waals surface area contributed by atoms with Gasteiger partial charge in [-0.2, -0.15) is 0 Å². The number of amides is 1. The van der Waals surface area contributed by atoms with Crippen LogP contribution in [0, 0.1) is 0 Å². The highest BCUT2D eigenvalue weighted by molar-refractivity contribution is 5.88. The quantitative estimate of drug-likeness (QED) is 0.770. The van der Waals surface area contributed by atoms with Gasteiger partial charge in [-0.15, -0.1) is 0 Å². The van der Waals surface area contributed by atoms with E-state index in [2.05, 4.69) is 22.8 Å². The fourth-order valence-electron chi connectivity index (χ4n) is 3.02. The number of hydrogen-bond acceptors (Lipinski definition) is 2. The minimum Gasteiger partial charge on any atom is -0.355 e. The van der Waals surface area contributed by atoms with E-state index in [1.807, 2.05) is 25.2 Å². The summed E-state index contributed by atoms with van der Waals surface area (Å²) in [5, 5.41) is 6.22. The van der Waals surface area contributed by atoms with Crippen molar-refractivity contribution in [2.75, 3.05) is 20.1 Å². The molecule has 3 nitrogen and oxygen atoms in total. The van der Waals surface area contributed by atoms with Crippen LogP contribution >= 0.6 is 0 Å². The fourth-order valence-corrected chi connectivity index (χ4v) is 3.02. The Bertz CT molecular complexity index is 396. The molecule has 0 unspecified atom stereocenters. The fraction of sp³-hybridized carbons (Fsp3) is 0.562. The van der Waals surface area contributed by atoms with E-state index in [0.29, 0.717) is 0 Å². The zero-order valence-corrected chi connectivity index (χ0v) is 11.7. The average molecular weight is 260 g/mol. The zero-order chi connectivity index (χ0) is 13.6. The maximum absolute atomic E-state index is 12.6. The number of carbonyl (C=O) groups is 1. The monoisotopic (exact) mass is 260 g/mol. The molecule has 1 aliphatic rings. The predicted octanol–water partition coefficient (Wildman–Crippen LogP) is 2.22. The zero-order valence-electron chi connectivity index (χ0n) is 11.7. The van der Waals surface area contributed by atoms with Gasteiger partial charge in [0, 0.05) is 6.54 Å². The Balaban J connectivity index is 2.05. The topological polar surface area (TPSA) is 41.1 Å². The molecule has 3 heteroatoms. The summed E-state index contributed by atoms with van der Waals surface area (Å²) in [6, 6.07) is 10.3. The Morgan fingerprint density at radius 1 is 1.16 bits per heavy atom. The first-order valence-corrected chi connectivity index (χ1v) is 7.28. The molecule has 1 aliphatic carbocycles. The summed E-state index contributed by atoms with van der Waals surface area (Å²) in [7, 11) is 1.93. The number of carbonyl (C=O) groups excluding carboxylic acids is 1. The number of benzene rings is 1. The van der Waals surface area contributed by atoms with Gasteiger partial charge in [0.2, 0.25) is 5.91 Å². The highest BCUT2D eigenvalue weighted by atomic mass is 16.2. The Labute approximate surface area is 115 Å². The summed E-state index contributed by atoms with van der Waals surface area (Å²) in [6.45, 7) is 1.70. The minimum absolute atomic E-state index is 0.215. The number of hydrogen-bond donors (Lipinski definition) is 2. The molecule has 2 N–H and O–H groups in total. The molecule has 0 aromatic heterocycles.